The van der Waals surface area contributed by atoms with Gasteiger partial charge in [-0.1, -0.05) is 17.7 Å². The summed E-state index contributed by atoms with van der Waals surface area (Å²) in [4.78, 5) is 41.2. The minimum Gasteiger partial charge on any atom is -0.477 e. The molecule has 1 aromatic carbocycles. The smallest absolute Gasteiger partial charge is 0.354 e. The molecule has 3 amide bonds. The van der Waals surface area contributed by atoms with E-state index in [1.165, 1.54) is 18.3 Å². The number of aromatic carboxylic acids is 1. The van der Waals surface area contributed by atoms with E-state index >= 15 is 0 Å². The summed E-state index contributed by atoms with van der Waals surface area (Å²) in [6.45, 7) is 3.62. The van der Waals surface area contributed by atoms with Crippen molar-refractivity contribution in [3.63, 3.8) is 0 Å². The number of pyridine rings is 1. The summed E-state index contributed by atoms with van der Waals surface area (Å²) in [7, 11) is 0. The third kappa shape index (κ3) is 5.54. The van der Waals surface area contributed by atoms with E-state index in [1.807, 2.05) is 31.2 Å². The number of nitrogens with one attached hydrogen (secondary N) is 2. The van der Waals surface area contributed by atoms with Gasteiger partial charge in [0.15, 0.2) is 0 Å². The Hall–Kier alpha value is -3.42. The van der Waals surface area contributed by atoms with E-state index in [-0.39, 0.29) is 23.6 Å². The lowest BCUT2D eigenvalue weighted by Crippen LogP contribution is -2.44. The van der Waals surface area contributed by atoms with Crippen LogP contribution < -0.4 is 10.6 Å². The number of hydrogen-bond donors (Lipinski definition) is 3. The van der Waals surface area contributed by atoms with Crippen LogP contribution in [-0.4, -0.2) is 52.5 Å². The van der Waals surface area contributed by atoms with E-state index in [0.29, 0.717) is 25.2 Å². The number of urea groups is 1. The fraction of sp³-hybridized carbons (Fsp3) is 0.333. The van der Waals surface area contributed by atoms with Gasteiger partial charge in [-0.15, -0.1) is 0 Å². The molecule has 1 unspecified atom stereocenters. The first kappa shape index (κ1) is 20.3. The molecule has 0 saturated carbocycles. The number of benzene rings is 1. The highest BCUT2D eigenvalue weighted by atomic mass is 16.4. The molecule has 0 aliphatic carbocycles. The molecule has 2 aromatic rings. The lowest BCUT2D eigenvalue weighted by molar-refractivity contribution is 0.0665. The van der Waals surface area contributed by atoms with Crippen molar-refractivity contribution in [2.75, 3.05) is 25.0 Å². The zero-order valence-electron chi connectivity index (χ0n) is 16.2. The number of nitrogens with zero attached hydrogens (tertiary/aromatic N) is 2. The maximum absolute atomic E-state index is 12.7. The van der Waals surface area contributed by atoms with Crippen molar-refractivity contribution in [3.05, 3.63) is 59.4 Å². The Labute approximate surface area is 168 Å². The van der Waals surface area contributed by atoms with Crippen molar-refractivity contribution in [1.29, 1.82) is 0 Å². The number of carbonyl (C=O) groups is 3. The van der Waals surface area contributed by atoms with Gasteiger partial charge in [0.1, 0.15) is 5.69 Å². The Morgan fingerprint density at radius 3 is 2.59 bits per heavy atom. The molecule has 0 bridgehead atoms. The maximum atomic E-state index is 12.7. The standard InChI is InChI=1S/C21H24N4O4/c1-14-4-7-17(8-5-14)24-21(29)23-11-15-3-2-10-25(13-15)19(26)16-6-9-18(20(27)28)22-12-16/h4-9,12,15H,2-3,10-11,13H2,1H3,(H,27,28)(H2,23,24,29). The molecular formula is C21H24N4O4. The minimum atomic E-state index is -1.13. The number of hydrogen-bond acceptors (Lipinski definition) is 4. The summed E-state index contributed by atoms with van der Waals surface area (Å²) in [6, 6.07) is 10.1. The fourth-order valence-electron chi connectivity index (χ4n) is 3.29. The molecule has 8 heteroatoms. The third-order valence-electron chi connectivity index (χ3n) is 4.90. The molecule has 3 rings (SSSR count). The van der Waals surface area contributed by atoms with Crippen molar-refractivity contribution in [1.82, 2.24) is 15.2 Å². The van der Waals surface area contributed by atoms with Crippen LogP contribution in [0.3, 0.4) is 0 Å². The Bertz CT molecular complexity index is 881. The molecule has 1 saturated heterocycles. The van der Waals surface area contributed by atoms with Crippen molar-refractivity contribution in [2.24, 2.45) is 5.92 Å². The normalized spacial score (nSPS) is 16.2. The summed E-state index contributed by atoms with van der Waals surface area (Å²) in [5, 5.41) is 14.6. The van der Waals surface area contributed by atoms with Gasteiger partial charge in [0.25, 0.3) is 5.91 Å². The van der Waals surface area contributed by atoms with Crippen LogP contribution in [0.5, 0.6) is 0 Å². The van der Waals surface area contributed by atoms with Crippen molar-refractivity contribution in [2.45, 2.75) is 19.8 Å². The first-order valence-corrected chi connectivity index (χ1v) is 9.52. The van der Waals surface area contributed by atoms with Crippen LogP contribution in [-0.2, 0) is 0 Å². The third-order valence-corrected chi connectivity index (χ3v) is 4.90. The molecule has 0 spiro atoms. The van der Waals surface area contributed by atoms with E-state index < -0.39 is 5.97 Å². The number of anilines is 1. The van der Waals surface area contributed by atoms with Gasteiger partial charge in [-0.05, 0) is 49.9 Å². The topological polar surface area (TPSA) is 112 Å². The number of carboxylic acids is 1. The lowest BCUT2D eigenvalue weighted by Gasteiger charge is -2.33. The SMILES string of the molecule is Cc1ccc(NC(=O)NCC2CCCN(C(=O)c3ccc(C(=O)O)nc3)C2)cc1. The molecular weight excluding hydrogens is 372 g/mol. The van der Waals surface area contributed by atoms with E-state index in [0.717, 1.165) is 24.1 Å². The number of aryl methyl sites for hydroxylation is 1. The van der Waals surface area contributed by atoms with Gasteiger partial charge >= 0.3 is 12.0 Å². The maximum Gasteiger partial charge on any atom is 0.354 e. The highest BCUT2D eigenvalue weighted by Gasteiger charge is 2.25. The molecule has 1 atom stereocenters. The second-order valence-electron chi connectivity index (χ2n) is 7.20. The van der Waals surface area contributed by atoms with Gasteiger partial charge in [-0.25, -0.2) is 14.6 Å². The molecule has 29 heavy (non-hydrogen) atoms. The van der Waals surface area contributed by atoms with Gasteiger partial charge in [0, 0.05) is 31.5 Å². The van der Waals surface area contributed by atoms with Gasteiger partial charge in [0.05, 0.1) is 5.56 Å². The number of amides is 3. The largest absolute Gasteiger partial charge is 0.477 e. The number of aromatic nitrogens is 1. The first-order chi connectivity index (χ1) is 13.9. The van der Waals surface area contributed by atoms with Gasteiger partial charge in [0.2, 0.25) is 0 Å². The Morgan fingerprint density at radius 1 is 1.17 bits per heavy atom. The first-order valence-electron chi connectivity index (χ1n) is 9.52. The molecule has 1 aliphatic rings. The second-order valence-corrected chi connectivity index (χ2v) is 7.20. The number of rotatable bonds is 5. The lowest BCUT2D eigenvalue weighted by atomic mass is 9.97. The summed E-state index contributed by atoms with van der Waals surface area (Å²) in [5.74, 6) is -1.15. The van der Waals surface area contributed by atoms with Crippen LogP contribution >= 0.6 is 0 Å². The van der Waals surface area contributed by atoms with Crippen LogP contribution in [0.4, 0.5) is 10.5 Å². The Morgan fingerprint density at radius 2 is 1.93 bits per heavy atom. The Balaban J connectivity index is 1.50. The molecule has 1 fully saturated rings. The average molecular weight is 396 g/mol. The van der Waals surface area contributed by atoms with Gasteiger partial charge in [-0.2, -0.15) is 0 Å². The highest BCUT2D eigenvalue weighted by Crippen LogP contribution is 2.18. The molecule has 1 aromatic heterocycles. The predicted octanol–water partition coefficient (Wildman–Crippen LogP) is 2.76. The van der Waals surface area contributed by atoms with E-state index in [9.17, 15) is 14.4 Å². The number of carbonyl (C=O) groups excluding carboxylic acids is 2. The van der Waals surface area contributed by atoms with E-state index in [1.54, 1.807) is 4.90 Å². The zero-order chi connectivity index (χ0) is 20.8. The van der Waals surface area contributed by atoms with E-state index in [4.69, 9.17) is 5.11 Å². The van der Waals surface area contributed by atoms with Gasteiger partial charge < -0.3 is 20.6 Å². The minimum absolute atomic E-state index is 0.0955. The molecule has 1 aliphatic heterocycles. The van der Waals surface area contributed by atoms with Crippen molar-refractivity contribution >= 4 is 23.6 Å². The Kier molecular flexibility index (Phi) is 6.43. The summed E-state index contributed by atoms with van der Waals surface area (Å²) in [5.41, 5.74) is 2.11. The highest BCUT2D eigenvalue weighted by molar-refractivity contribution is 5.95. The van der Waals surface area contributed by atoms with Crippen LogP contribution in [0.25, 0.3) is 0 Å². The van der Waals surface area contributed by atoms with E-state index in [2.05, 4.69) is 15.6 Å². The number of likely N-dealkylation sites (tertiary alicyclic amines) is 1. The van der Waals surface area contributed by atoms with Crippen molar-refractivity contribution in [3.8, 4) is 0 Å². The number of piperidine rings is 1. The van der Waals surface area contributed by atoms with Gasteiger partial charge in [-0.3, -0.25) is 4.79 Å². The average Bonchev–Trinajstić information content (AvgIpc) is 2.73. The van der Waals surface area contributed by atoms with Crippen LogP contribution in [0.1, 0.15) is 39.3 Å². The molecule has 2 heterocycles. The van der Waals surface area contributed by atoms with Crippen LogP contribution in [0.15, 0.2) is 42.6 Å². The zero-order valence-corrected chi connectivity index (χ0v) is 16.2. The van der Waals surface area contributed by atoms with Crippen LogP contribution in [0, 0.1) is 12.8 Å². The molecule has 0 radical (unpaired) electrons. The summed E-state index contributed by atoms with van der Waals surface area (Å²) >= 11 is 0. The summed E-state index contributed by atoms with van der Waals surface area (Å²) < 4.78 is 0. The molecule has 152 valence electrons. The fourth-order valence-corrected chi connectivity index (χ4v) is 3.29. The van der Waals surface area contributed by atoms with Crippen LogP contribution in [0.2, 0.25) is 0 Å². The quantitative estimate of drug-likeness (QED) is 0.720. The number of carboxylic acid groups (broad SMARTS) is 1. The monoisotopic (exact) mass is 396 g/mol. The second kappa shape index (κ2) is 9.18. The van der Waals surface area contributed by atoms with Crippen molar-refractivity contribution < 1.29 is 19.5 Å². The molecule has 3 N–H and O–H groups in total. The molecule has 8 nitrogen and oxygen atoms in total. The predicted molar refractivity (Wildman–Crippen MR) is 108 cm³/mol. The summed E-state index contributed by atoms with van der Waals surface area (Å²) in [6.07, 6.45) is 3.06.